The van der Waals surface area contributed by atoms with Gasteiger partial charge in [0.15, 0.2) is 11.6 Å². The van der Waals surface area contributed by atoms with Crippen LogP contribution in [0.25, 0.3) is 0 Å². The van der Waals surface area contributed by atoms with Crippen LogP contribution < -0.4 is 10.7 Å². The molecule has 2 aromatic carbocycles. The molecule has 0 amide bonds. The topological polar surface area (TPSA) is 118 Å². The summed E-state index contributed by atoms with van der Waals surface area (Å²) in [7, 11) is 0. The third kappa shape index (κ3) is 4.94. The van der Waals surface area contributed by atoms with Crippen molar-refractivity contribution < 1.29 is 9.59 Å². The van der Waals surface area contributed by atoms with E-state index in [4.69, 9.17) is 10.5 Å². The number of anilines is 2. The first-order valence-corrected chi connectivity index (χ1v) is 8.99. The summed E-state index contributed by atoms with van der Waals surface area (Å²) in [5.41, 5.74) is 5.09. The Morgan fingerprint density at radius 2 is 1.72 bits per heavy atom. The van der Waals surface area contributed by atoms with E-state index < -0.39 is 0 Å². The van der Waals surface area contributed by atoms with E-state index in [1.165, 1.54) is 0 Å². The van der Waals surface area contributed by atoms with Gasteiger partial charge < -0.3 is 5.32 Å². The number of nitrogens with zero attached hydrogens (tertiary/aromatic N) is 3. The molecule has 0 fully saturated rings. The molecule has 7 heteroatoms. The number of hydrogen-bond donors (Lipinski definition) is 2. The lowest BCUT2D eigenvalue weighted by Gasteiger charge is -2.18. The number of nitriles is 2. The number of allylic oxidation sites excluding steroid dienone is 2. The zero-order chi connectivity index (χ0) is 20.6. The standard InChI is InChI=1S/C22H17N5O2/c23-13-18(14-24)26-27-20-10-9-16(22(29)15-5-2-1-3-6-15)11-21(20)25-17-7-4-8-19(28)12-17/h1-3,5-6,9-12,25,27H,4,7-8H2. The maximum atomic E-state index is 12.8. The van der Waals surface area contributed by atoms with E-state index >= 15 is 0 Å². The van der Waals surface area contributed by atoms with Crippen molar-refractivity contribution in [3.05, 3.63) is 71.4 Å². The molecule has 0 atom stereocenters. The monoisotopic (exact) mass is 383 g/mol. The first kappa shape index (κ1) is 19.5. The Bertz CT molecular complexity index is 1070. The van der Waals surface area contributed by atoms with Crippen LogP contribution in [0.2, 0.25) is 0 Å². The van der Waals surface area contributed by atoms with Crippen LogP contribution in [-0.2, 0) is 4.79 Å². The van der Waals surface area contributed by atoms with E-state index in [2.05, 4.69) is 15.8 Å². The minimum atomic E-state index is -0.326. The maximum Gasteiger partial charge on any atom is 0.237 e. The van der Waals surface area contributed by atoms with Crippen molar-refractivity contribution in [3.63, 3.8) is 0 Å². The molecule has 29 heavy (non-hydrogen) atoms. The van der Waals surface area contributed by atoms with Gasteiger partial charge in [-0.2, -0.15) is 15.6 Å². The van der Waals surface area contributed by atoms with Crippen LogP contribution in [0.3, 0.4) is 0 Å². The molecule has 2 N–H and O–H groups in total. The molecule has 142 valence electrons. The van der Waals surface area contributed by atoms with Crippen LogP contribution in [0.15, 0.2) is 65.4 Å². The first-order chi connectivity index (χ1) is 14.1. The minimum absolute atomic E-state index is 0.0408. The second kappa shape index (κ2) is 9.12. The predicted octanol–water partition coefficient (Wildman–Crippen LogP) is 3.78. The second-order valence-corrected chi connectivity index (χ2v) is 6.37. The number of nitrogens with one attached hydrogen (secondary N) is 2. The van der Waals surface area contributed by atoms with Crippen molar-refractivity contribution in [2.45, 2.75) is 19.3 Å². The number of hydrogen-bond acceptors (Lipinski definition) is 7. The van der Waals surface area contributed by atoms with Crippen molar-refractivity contribution in [2.24, 2.45) is 5.10 Å². The molecule has 0 spiro atoms. The van der Waals surface area contributed by atoms with Gasteiger partial charge in [-0.05, 0) is 31.0 Å². The van der Waals surface area contributed by atoms with Crippen molar-refractivity contribution in [1.82, 2.24) is 0 Å². The fourth-order valence-corrected chi connectivity index (χ4v) is 2.90. The summed E-state index contributed by atoms with van der Waals surface area (Å²) in [6.45, 7) is 0. The molecular formula is C22H17N5O2. The molecule has 7 nitrogen and oxygen atoms in total. The lowest BCUT2D eigenvalue weighted by molar-refractivity contribution is -0.115. The summed E-state index contributed by atoms with van der Waals surface area (Å²) in [5, 5.41) is 24.7. The molecule has 0 unspecified atom stereocenters. The summed E-state index contributed by atoms with van der Waals surface area (Å²) >= 11 is 0. The summed E-state index contributed by atoms with van der Waals surface area (Å²) in [6, 6.07) is 17.2. The Morgan fingerprint density at radius 1 is 0.966 bits per heavy atom. The first-order valence-electron chi connectivity index (χ1n) is 8.99. The van der Waals surface area contributed by atoms with Crippen molar-refractivity contribution in [2.75, 3.05) is 10.7 Å². The number of ketones is 2. The molecule has 0 radical (unpaired) electrons. The Kier molecular flexibility index (Phi) is 6.14. The van der Waals surface area contributed by atoms with Gasteiger partial charge in [-0.15, -0.1) is 0 Å². The largest absolute Gasteiger partial charge is 0.357 e. The van der Waals surface area contributed by atoms with Crippen molar-refractivity contribution in [1.29, 1.82) is 10.5 Å². The van der Waals surface area contributed by atoms with E-state index in [-0.39, 0.29) is 17.3 Å². The molecule has 0 heterocycles. The van der Waals surface area contributed by atoms with Crippen LogP contribution in [0.4, 0.5) is 11.4 Å². The second-order valence-electron chi connectivity index (χ2n) is 6.37. The number of hydrazone groups is 1. The molecule has 1 aliphatic rings. The lowest BCUT2D eigenvalue weighted by Crippen LogP contribution is -2.11. The summed E-state index contributed by atoms with van der Waals surface area (Å²) in [5.74, 6) is -0.105. The molecule has 0 saturated carbocycles. The average Bonchev–Trinajstić information content (AvgIpc) is 2.75. The van der Waals surface area contributed by atoms with Crippen LogP contribution in [0.5, 0.6) is 0 Å². The fraction of sp³-hybridized carbons (Fsp3) is 0.136. The number of benzene rings is 2. The summed E-state index contributed by atoms with van der Waals surface area (Å²) in [6.07, 6.45) is 3.51. The van der Waals surface area contributed by atoms with Gasteiger partial charge >= 0.3 is 0 Å². The van der Waals surface area contributed by atoms with E-state index in [1.54, 1.807) is 60.7 Å². The van der Waals surface area contributed by atoms with Gasteiger partial charge in [0, 0.05) is 29.3 Å². The Labute approximate surface area is 168 Å². The van der Waals surface area contributed by atoms with Crippen molar-refractivity contribution in [3.8, 4) is 12.1 Å². The van der Waals surface area contributed by atoms with E-state index in [0.29, 0.717) is 35.3 Å². The lowest BCUT2D eigenvalue weighted by atomic mass is 10.0. The number of rotatable bonds is 6. The molecule has 0 saturated heterocycles. The van der Waals surface area contributed by atoms with Gasteiger partial charge in [0.05, 0.1) is 11.4 Å². The maximum absolute atomic E-state index is 12.8. The van der Waals surface area contributed by atoms with E-state index in [9.17, 15) is 9.59 Å². The van der Waals surface area contributed by atoms with Gasteiger partial charge in [-0.1, -0.05) is 30.3 Å². The molecule has 3 rings (SSSR count). The predicted molar refractivity (Wildman–Crippen MR) is 109 cm³/mol. The zero-order valence-corrected chi connectivity index (χ0v) is 15.5. The highest BCUT2D eigenvalue weighted by Gasteiger charge is 2.15. The van der Waals surface area contributed by atoms with Crippen LogP contribution in [0, 0.1) is 22.7 Å². The molecule has 1 aliphatic carbocycles. The highest BCUT2D eigenvalue weighted by atomic mass is 16.1. The fourth-order valence-electron chi connectivity index (χ4n) is 2.90. The zero-order valence-electron chi connectivity index (χ0n) is 15.5. The van der Waals surface area contributed by atoms with Crippen LogP contribution in [-0.4, -0.2) is 17.3 Å². The third-order valence-electron chi connectivity index (χ3n) is 4.32. The smallest absolute Gasteiger partial charge is 0.237 e. The Balaban J connectivity index is 1.96. The van der Waals surface area contributed by atoms with Gasteiger partial charge in [0.1, 0.15) is 12.1 Å². The van der Waals surface area contributed by atoms with E-state index in [0.717, 1.165) is 12.1 Å². The normalized spacial score (nSPS) is 12.8. The van der Waals surface area contributed by atoms with Gasteiger partial charge in [-0.25, -0.2) is 0 Å². The number of carbonyl (C=O) groups is 2. The van der Waals surface area contributed by atoms with Gasteiger partial charge in [-0.3, -0.25) is 15.0 Å². The molecule has 0 aliphatic heterocycles. The minimum Gasteiger partial charge on any atom is -0.357 e. The number of carbonyl (C=O) groups excluding carboxylic acids is 2. The Morgan fingerprint density at radius 3 is 2.41 bits per heavy atom. The van der Waals surface area contributed by atoms with Gasteiger partial charge in [0.2, 0.25) is 5.71 Å². The quantitative estimate of drug-likeness (QED) is 0.445. The highest BCUT2D eigenvalue weighted by Crippen LogP contribution is 2.28. The molecule has 0 bridgehead atoms. The van der Waals surface area contributed by atoms with Crippen molar-refractivity contribution >= 4 is 28.7 Å². The van der Waals surface area contributed by atoms with E-state index in [1.807, 2.05) is 6.07 Å². The summed E-state index contributed by atoms with van der Waals surface area (Å²) in [4.78, 5) is 24.5. The third-order valence-corrected chi connectivity index (χ3v) is 4.32. The molecule has 0 aromatic heterocycles. The summed E-state index contributed by atoms with van der Waals surface area (Å²) < 4.78 is 0. The molecular weight excluding hydrogens is 366 g/mol. The van der Waals surface area contributed by atoms with Crippen LogP contribution in [0.1, 0.15) is 35.2 Å². The average molecular weight is 383 g/mol. The molecule has 2 aromatic rings. The highest BCUT2D eigenvalue weighted by molar-refractivity contribution is 6.11. The Hall–Kier alpha value is -4.23. The van der Waals surface area contributed by atoms with Gasteiger partial charge in [0.25, 0.3) is 0 Å². The SMILES string of the molecule is N#CC(C#N)=NNc1ccc(C(=O)c2ccccc2)cc1NC1=CC(=O)CCC1. The van der Waals surface area contributed by atoms with Crippen LogP contribution >= 0.6 is 0 Å².